The molecule has 1 unspecified atom stereocenters. The van der Waals surface area contributed by atoms with Crippen molar-refractivity contribution in [2.45, 2.75) is 26.3 Å². The van der Waals surface area contributed by atoms with E-state index in [4.69, 9.17) is 16.1 Å². The molecule has 7 heteroatoms. The van der Waals surface area contributed by atoms with E-state index in [1.54, 1.807) is 12.1 Å². The van der Waals surface area contributed by atoms with Crippen molar-refractivity contribution in [3.8, 4) is 11.5 Å². The van der Waals surface area contributed by atoms with Gasteiger partial charge in [-0.05, 0) is 62.7 Å². The van der Waals surface area contributed by atoms with Crippen molar-refractivity contribution in [1.82, 2.24) is 15.0 Å². The molecule has 1 aliphatic rings. The lowest BCUT2D eigenvalue weighted by Crippen LogP contribution is -2.40. The number of anilines is 1. The minimum absolute atomic E-state index is 0.0329. The number of hydrogen-bond donors (Lipinski definition) is 1. The predicted molar refractivity (Wildman–Crippen MR) is 113 cm³/mol. The van der Waals surface area contributed by atoms with Crippen molar-refractivity contribution >= 4 is 23.2 Å². The number of aryl methyl sites for hydroxylation is 1. The quantitative estimate of drug-likeness (QED) is 0.668. The molecular formula is C22H23ClN4O2. The highest BCUT2D eigenvalue weighted by atomic mass is 35.5. The van der Waals surface area contributed by atoms with Crippen LogP contribution >= 0.6 is 11.6 Å². The summed E-state index contributed by atoms with van der Waals surface area (Å²) in [6.07, 6.45) is 1.83. The van der Waals surface area contributed by atoms with Gasteiger partial charge in [0.2, 0.25) is 5.91 Å². The molecule has 1 saturated heterocycles. The predicted octanol–water partition coefficient (Wildman–Crippen LogP) is 4.55. The average molecular weight is 411 g/mol. The van der Waals surface area contributed by atoms with Crippen molar-refractivity contribution in [3.05, 3.63) is 64.9 Å². The minimum Gasteiger partial charge on any atom is -0.334 e. The Morgan fingerprint density at radius 3 is 2.72 bits per heavy atom. The highest BCUT2D eigenvalue weighted by molar-refractivity contribution is 6.30. The molecule has 0 radical (unpaired) electrons. The fourth-order valence-corrected chi connectivity index (χ4v) is 3.65. The molecule has 29 heavy (non-hydrogen) atoms. The van der Waals surface area contributed by atoms with Crippen LogP contribution in [0.3, 0.4) is 0 Å². The van der Waals surface area contributed by atoms with Crippen molar-refractivity contribution in [1.29, 1.82) is 0 Å². The summed E-state index contributed by atoms with van der Waals surface area (Å²) in [6, 6.07) is 15.2. The van der Waals surface area contributed by atoms with E-state index in [0.717, 1.165) is 30.6 Å². The molecule has 0 aliphatic carbocycles. The second-order valence-corrected chi connectivity index (χ2v) is 7.89. The number of halogens is 1. The summed E-state index contributed by atoms with van der Waals surface area (Å²) in [5, 5.41) is 7.74. The third kappa shape index (κ3) is 5.02. The van der Waals surface area contributed by atoms with Crippen LogP contribution in [0.4, 0.5) is 5.69 Å². The normalized spacial score (nSPS) is 17.2. The Balaban J connectivity index is 1.35. The van der Waals surface area contributed by atoms with Crippen LogP contribution in [0.1, 0.15) is 24.2 Å². The van der Waals surface area contributed by atoms with Gasteiger partial charge in [0.25, 0.3) is 5.89 Å². The van der Waals surface area contributed by atoms with E-state index < -0.39 is 0 Å². The molecule has 2 heterocycles. The SMILES string of the molecule is Cc1ccc(-c2nc(CN3CCCC(C(=O)Nc4ccc(Cl)cc4)C3)no2)cc1. The first-order valence-electron chi connectivity index (χ1n) is 9.75. The van der Waals surface area contributed by atoms with Gasteiger partial charge in [0, 0.05) is 22.8 Å². The molecule has 4 rings (SSSR count). The Bertz CT molecular complexity index is 969. The molecule has 150 valence electrons. The molecular weight excluding hydrogens is 388 g/mol. The smallest absolute Gasteiger partial charge is 0.257 e. The lowest BCUT2D eigenvalue weighted by atomic mass is 9.97. The van der Waals surface area contributed by atoms with Gasteiger partial charge >= 0.3 is 0 Å². The summed E-state index contributed by atoms with van der Waals surface area (Å²) >= 11 is 5.90. The van der Waals surface area contributed by atoms with Gasteiger partial charge < -0.3 is 9.84 Å². The summed E-state index contributed by atoms with van der Waals surface area (Å²) in [4.78, 5) is 19.4. The second-order valence-electron chi connectivity index (χ2n) is 7.45. The van der Waals surface area contributed by atoms with Gasteiger partial charge in [-0.1, -0.05) is 34.5 Å². The molecule has 0 spiro atoms. The zero-order valence-electron chi connectivity index (χ0n) is 16.3. The maximum Gasteiger partial charge on any atom is 0.257 e. The molecule has 1 atom stereocenters. The summed E-state index contributed by atoms with van der Waals surface area (Å²) in [5.41, 5.74) is 2.86. The standard InChI is InChI=1S/C22H23ClN4O2/c1-15-4-6-16(7-5-15)22-25-20(26-29-22)14-27-12-2-3-17(13-27)21(28)24-19-10-8-18(23)9-11-19/h4-11,17H,2-3,12-14H2,1H3,(H,24,28). The largest absolute Gasteiger partial charge is 0.334 e. The van der Waals surface area contributed by atoms with E-state index in [9.17, 15) is 4.79 Å². The Hall–Kier alpha value is -2.70. The number of likely N-dealkylation sites (tertiary alicyclic amines) is 1. The van der Waals surface area contributed by atoms with Crippen molar-refractivity contribution in [2.24, 2.45) is 5.92 Å². The lowest BCUT2D eigenvalue weighted by Gasteiger charge is -2.31. The van der Waals surface area contributed by atoms with E-state index in [1.165, 1.54) is 5.56 Å². The first-order valence-corrected chi connectivity index (χ1v) is 10.1. The summed E-state index contributed by atoms with van der Waals surface area (Å²) in [6.45, 7) is 4.20. The van der Waals surface area contributed by atoms with Gasteiger partial charge in [0.1, 0.15) is 0 Å². The van der Waals surface area contributed by atoms with Crippen LogP contribution in [0, 0.1) is 12.8 Å². The Kier molecular flexibility index (Phi) is 5.92. The van der Waals surface area contributed by atoms with E-state index >= 15 is 0 Å². The number of aromatic nitrogens is 2. The van der Waals surface area contributed by atoms with E-state index in [2.05, 4.69) is 20.4 Å². The number of nitrogens with one attached hydrogen (secondary N) is 1. The Morgan fingerprint density at radius 2 is 1.97 bits per heavy atom. The lowest BCUT2D eigenvalue weighted by molar-refractivity contribution is -0.121. The molecule has 1 fully saturated rings. The topological polar surface area (TPSA) is 71.3 Å². The molecule has 3 aromatic rings. The molecule has 1 aliphatic heterocycles. The van der Waals surface area contributed by atoms with Crippen molar-refractivity contribution < 1.29 is 9.32 Å². The van der Waals surface area contributed by atoms with Crippen LogP contribution < -0.4 is 5.32 Å². The van der Waals surface area contributed by atoms with E-state index in [-0.39, 0.29) is 11.8 Å². The number of amides is 1. The van der Waals surface area contributed by atoms with E-state index in [0.29, 0.717) is 29.8 Å². The maximum atomic E-state index is 12.6. The number of benzene rings is 2. The molecule has 0 saturated carbocycles. The zero-order chi connectivity index (χ0) is 20.2. The number of piperidine rings is 1. The molecule has 0 bridgehead atoms. The zero-order valence-corrected chi connectivity index (χ0v) is 17.0. The number of hydrogen-bond acceptors (Lipinski definition) is 5. The molecule has 1 aromatic heterocycles. The second kappa shape index (κ2) is 8.76. The summed E-state index contributed by atoms with van der Waals surface area (Å²) < 4.78 is 5.42. The van der Waals surface area contributed by atoms with E-state index in [1.807, 2.05) is 43.3 Å². The fourth-order valence-electron chi connectivity index (χ4n) is 3.52. The van der Waals surface area contributed by atoms with Crippen LogP contribution in [0.2, 0.25) is 5.02 Å². The first-order chi connectivity index (χ1) is 14.1. The first kappa shape index (κ1) is 19.6. The van der Waals surface area contributed by atoms with Crippen molar-refractivity contribution in [3.63, 3.8) is 0 Å². The van der Waals surface area contributed by atoms with Gasteiger partial charge in [0.15, 0.2) is 5.82 Å². The number of carbonyl (C=O) groups excluding carboxylic acids is 1. The highest BCUT2D eigenvalue weighted by Gasteiger charge is 2.27. The highest BCUT2D eigenvalue weighted by Crippen LogP contribution is 2.22. The van der Waals surface area contributed by atoms with Crippen molar-refractivity contribution in [2.75, 3.05) is 18.4 Å². The van der Waals surface area contributed by atoms with Gasteiger partial charge in [-0.25, -0.2) is 0 Å². The van der Waals surface area contributed by atoms with Gasteiger partial charge in [0.05, 0.1) is 12.5 Å². The monoisotopic (exact) mass is 410 g/mol. The van der Waals surface area contributed by atoms with Gasteiger partial charge in [-0.15, -0.1) is 0 Å². The number of rotatable bonds is 5. The Labute approximate surface area is 174 Å². The molecule has 6 nitrogen and oxygen atoms in total. The average Bonchev–Trinajstić information content (AvgIpc) is 3.19. The van der Waals surface area contributed by atoms with Gasteiger partial charge in [-0.2, -0.15) is 4.98 Å². The fraction of sp³-hybridized carbons (Fsp3) is 0.318. The molecule has 1 amide bonds. The van der Waals surface area contributed by atoms with Crippen LogP contribution in [0.5, 0.6) is 0 Å². The third-order valence-electron chi connectivity index (χ3n) is 5.12. The van der Waals surface area contributed by atoms with Crippen LogP contribution in [0.15, 0.2) is 53.1 Å². The minimum atomic E-state index is -0.0668. The Morgan fingerprint density at radius 1 is 1.21 bits per heavy atom. The third-order valence-corrected chi connectivity index (χ3v) is 5.37. The van der Waals surface area contributed by atoms with Gasteiger partial charge in [-0.3, -0.25) is 9.69 Å². The maximum absolute atomic E-state index is 12.6. The van der Waals surface area contributed by atoms with Crippen LogP contribution in [0.25, 0.3) is 11.5 Å². The summed E-state index contributed by atoms with van der Waals surface area (Å²) in [5.74, 6) is 1.13. The molecule has 1 N–H and O–H groups in total. The summed E-state index contributed by atoms with van der Waals surface area (Å²) in [7, 11) is 0. The molecule has 2 aromatic carbocycles. The van der Waals surface area contributed by atoms with Crippen LogP contribution in [-0.4, -0.2) is 34.0 Å². The number of nitrogens with zero attached hydrogens (tertiary/aromatic N) is 3. The van der Waals surface area contributed by atoms with Crippen LogP contribution in [-0.2, 0) is 11.3 Å². The number of carbonyl (C=O) groups is 1.